The highest BCUT2D eigenvalue weighted by Gasteiger charge is 2.35. The Balaban J connectivity index is 3.75. The van der Waals surface area contributed by atoms with Gasteiger partial charge in [-0.15, -0.1) is 0 Å². The molecule has 0 N–H and O–H groups in total. The van der Waals surface area contributed by atoms with Crippen LogP contribution < -0.4 is 0 Å². The van der Waals surface area contributed by atoms with Crippen LogP contribution in [0.2, 0.25) is 0 Å². The molecule has 0 aliphatic carbocycles. The van der Waals surface area contributed by atoms with Crippen LogP contribution in [-0.2, 0) is 0 Å². The van der Waals surface area contributed by atoms with E-state index in [-0.39, 0.29) is 6.42 Å². The van der Waals surface area contributed by atoms with Gasteiger partial charge in [-0.05, 0) is 0 Å². The molecule has 0 rings (SSSR count). The first-order valence-corrected chi connectivity index (χ1v) is 3.71. The molecular weight excluding hydrogens is 179 g/mol. The van der Waals surface area contributed by atoms with Gasteiger partial charge >= 0.3 is 6.18 Å². The monoisotopic (exact) mass is 190 g/mol. The molecule has 0 fully saturated rings. The summed E-state index contributed by atoms with van der Waals surface area (Å²) in [5.74, 6) is -3.16. The van der Waals surface area contributed by atoms with Crippen molar-refractivity contribution >= 4 is 0 Å². The van der Waals surface area contributed by atoms with Crippen LogP contribution in [0.15, 0.2) is 0 Å². The van der Waals surface area contributed by atoms with Gasteiger partial charge in [-0.3, -0.25) is 0 Å². The van der Waals surface area contributed by atoms with E-state index in [1.54, 1.807) is 0 Å². The lowest BCUT2D eigenvalue weighted by Crippen LogP contribution is -2.20. The Labute approximate surface area is 67.8 Å². The highest BCUT2D eigenvalue weighted by molar-refractivity contribution is 4.67. The fourth-order valence-electron chi connectivity index (χ4n) is 0.815. The fourth-order valence-corrected chi connectivity index (χ4v) is 0.815. The maximum absolute atomic E-state index is 12.5. The van der Waals surface area contributed by atoms with Crippen molar-refractivity contribution in [3.63, 3.8) is 0 Å². The second kappa shape index (κ2) is 4.05. The molecule has 74 valence electrons. The van der Waals surface area contributed by atoms with Crippen LogP contribution in [0.1, 0.15) is 32.6 Å². The minimum atomic E-state index is -4.48. The predicted molar refractivity (Wildman–Crippen MR) is 35.1 cm³/mol. The Morgan fingerprint density at radius 2 is 1.33 bits per heavy atom. The Hall–Kier alpha value is -0.350. The van der Waals surface area contributed by atoms with E-state index in [1.165, 1.54) is 6.92 Å². The third kappa shape index (κ3) is 6.37. The Morgan fingerprint density at radius 1 is 0.833 bits per heavy atom. The van der Waals surface area contributed by atoms with Crippen LogP contribution in [0.4, 0.5) is 22.0 Å². The lowest BCUT2D eigenvalue weighted by Gasteiger charge is -2.15. The van der Waals surface area contributed by atoms with Crippen LogP contribution >= 0.6 is 0 Å². The first-order valence-electron chi connectivity index (χ1n) is 3.71. The topological polar surface area (TPSA) is 0 Å². The quantitative estimate of drug-likeness (QED) is 0.592. The molecule has 0 saturated carbocycles. The third-order valence-electron chi connectivity index (χ3n) is 1.39. The summed E-state index contributed by atoms with van der Waals surface area (Å²) in [4.78, 5) is 0. The molecular formula is C7H11F5. The van der Waals surface area contributed by atoms with Gasteiger partial charge in [0.25, 0.3) is 0 Å². The zero-order valence-electron chi connectivity index (χ0n) is 6.72. The average molecular weight is 190 g/mol. The van der Waals surface area contributed by atoms with E-state index < -0.39 is 31.4 Å². The Morgan fingerprint density at radius 3 is 1.67 bits per heavy atom. The normalized spacial score (nSPS) is 13.5. The smallest absolute Gasteiger partial charge is 0.207 e. The molecule has 0 aromatic rings. The molecule has 0 amide bonds. The van der Waals surface area contributed by atoms with Gasteiger partial charge in [0.05, 0.1) is 0 Å². The van der Waals surface area contributed by atoms with E-state index in [4.69, 9.17) is 0 Å². The van der Waals surface area contributed by atoms with E-state index >= 15 is 0 Å². The summed E-state index contributed by atoms with van der Waals surface area (Å²) in [5.41, 5.74) is 0. The van der Waals surface area contributed by atoms with E-state index in [2.05, 4.69) is 0 Å². The van der Waals surface area contributed by atoms with Gasteiger partial charge in [-0.1, -0.05) is 13.3 Å². The summed E-state index contributed by atoms with van der Waals surface area (Å²) in [6.07, 6.45) is -7.24. The number of hydrogen-bond donors (Lipinski definition) is 0. The molecule has 0 unspecified atom stereocenters. The highest BCUT2D eigenvalue weighted by atomic mass is 19.4. The Kier molecular flexibility index (Phi) is 3.93. The largest absolute Gasteiger partial charge is 0.389 e. The van der Waals surface area contributed by atoms with Crippen molar-refractivity contribution in [1.82, 2.24) is 0 Å². The summed E-state index contributed by atoms with van der Waals surface area (Å²) in [5, 5.41) is 0. The van der Waals surface area contributed by atoms with Gasteiger partial charge in [0.1, 0.15) is 0 Å². The maximum atomic E-state index is 12.5. The van der Waals surface area contributed by atoms with E-state index in [9.17, 15) is 22.0 Å². The highest BCUT2D eigenvalue weighted by Crippen LogP contribution is 2.31. The first kappa shape index (κ1) is 11.6. The van der Waals surface area contributed by atoms with Crippen molar-refractivity contribution < 1.29 is 22.0 Å². The maximum Gasteiger partial charge on any atom is 0.389 e. The van der Waals surface area contributed by atoms with Gasteiger partial charge in [0.15, 0.2) is 0 Å². The Bertz CT molecular complexity index is 126. The minimum absolute atomic E-state index is 0.199. The summed E-state index contributed by atoms with van der Waals surface area (Å²) in [6, 6.07) is 0. The fraction of sp³-hybridized carbons (Fsp3) is 1.00. The van der Waals surface area contributed by atoms with Crippen LogP contribution in [-0.4, -0.2) is 12.1 Å². The van der Waals surface area contributed by atoms with Crippen molar-refractivity contribution in [2.75, 3.05) is 0 Å². The molecule has 0 aromatic heterocycles. The van der Waals surface area contributed by atoms with Crippen LogP contribution in [0.3, 0.4) is 0 Å². The molecule has 0 aliphatic heterocycles. The molecule has 0 saturated heterocycles. The minimum Gasteiger partial charge on any atom is -0.207 e. The molecule has 0 bridgehead atoms. The third-order valence-corrected chi connectivity index (χ3v) is 1.39. The van der Waals surface area contributed by atoms with Gasteiger partial charge in [-0.2, -0.15) is 13.2 Å². The SMILES string of the molecule is CCCC(F)(F)CCC(F)(F)F. The van der Waals surface area contributed by atoms with E-state index in [1.807, 2.05) is 0 Å². The summed E-state index contributed by atoms with van der Waals surface area (Å²) < 4.78 is 59.4. The van der Waals surface area contributed by atoms with Crippen LogP contribution in [0.5, 0.6) is 0 Å². The van der Waals surface area contributed by atoms with E-state index in [0.29, 0.717) is 0 Å². The molecule has 12 heavy (non-hydrogen) atoms. The first-order chi connectivity index (χ1) is 5.27. The predicted octanol–water partition coefficient (Wildman–Crippen LogP) is 3.76. The standard InChI is InChI=1S/C7H11F5/c1-2-3-6(8,9)4-5-7(10,11)12/h2-5H2,1H3. The van der Waals surface area contributed by atoms with Gasteiger partial charge < -0.3 is 0 Å². The molecule has 5 heteroatoms. The number of rotatable bonds is 4. The van der Waals surface area contributed by atoms with Crippen molar-refractivity contribution in [3.8, 4) is 0 Å². The second-order valence-corrected chi connectivity index (χ2v) is 2.72. The zero-order valence-corrected chi connectivity index (χ0v) is 6.72. The van der Waals surface area contributed by atoms with Crippen LogP contribution in [0, 0.1) is 0 Å². The second-order valence-electron chi connectivity index (χ2n) is 2.72. The lowest BCUT2D eigenvalue weighted by atomic mass is 10.1. The summed E-state index contributed by atoms with van der Waals surface area (Å²) >= 11 is 0. The molecule has 0 radical (unpaired) electrons. The van der Waals surface area contributed by atoms with Crippen molar-refractivity contribution in [2.45, 2.75) is 44.7 Å². The van der Waals surface area contributed by atoms with Crippen molar-refractivity contribution in [2.24, 2.45) is 0 Å². The number of alkyl halides is 5. The van der Waals surface area contributed by atoms with E-state index in [0.717, 1.165) is 0 Å². The van der Waals surface area contributed by atoms with Crippen molar-refractivity contribution in [3.05, 3.63) is 0 Å². The number of hydrogen-bond acceptors (Lipinski definition) is 0. The summed E-state index contributed by atoms with van der Waals surface area (Å²) in [7, 11) is 0. The molecule has 0 aromatic carbocycles. The van der Waals surface area contributed by atoms with Gasteiger partial charge in [0.2, 0.25) is 5.92 Å². The molecule has 0 atom stereocenters. The lowest BCUT2D eigenvalue weighted by molar-refractivity contribution is -0.152. The molecule has 0 heterocycles. The molecule has 0 aliphatic rings. The number of halogens is 5. The van der Waals surface area contributed by atoms with Crippen LogP contribution in [0.25, 0.3) is 0 Å². The molecule has 0 spiro atoms. The van der Waals surface area contributed by atoms with Gasteiger partial charge in [-0.25, -0.2) is 8.78 Å². The van der Waals surface area contributed by atoms with Crippen molar-refractivity contribution in [1.29, 1.82) is 0 Å². The van der Waals surface area contributed by atoms with Gasteiger partial charge in [0, 0.05) is 19.3 Å². The zero-order chi connectivity index (χ0) is 9.83. The molecule has 0 nitrogen and oxygen atoms in total. The average Bonchev–Trinajstić information content (AvgIpc) is 1.83. The summed E-state index contributed by atoms with van der Waals surface area (Å²) in [6.45, 7) is 1.52.